The van der Waals surface area contributed by atoms with Crippen LogP contribution in [-0.4, -0.2) is 29.8 Å². The predicted molar refractivity (Wildman–Crippen MR) is 97.2 cm³/mol. The molecule has 0 saturated heterocycles. The summed E-state index contributed by atoms with van der Waals surface area (Å²) in [5.41, 5.74) is 0.679. The van der Waals surface area contributed by atoms with Crippen molar-refractivity contribution < 1.29 is 13.6 Å². The molecule has 0 bridgehead atoms. The van der Waals surface area contributed by atoms with Crippen molar-refractivity contribution in [3.63, 3.8) is 0 Å². The molecule has 2 aromatic carbocycles. The Balaban J connectivity index is 1.83. The first kappa shape index (κ1) is 17.9. The number of benzene rings is 2. The third kappa shape index (κ3) is 3.52. The topological polar surface area (TPSA) is 50.2 Å². The van der Waals surface area contributed by atoms with E-state index >= 15 is 0 Å². The Morgan fingerprint density at radius 2 is 1.85 bits per heavy atom. The van der Waals surface area contributed by atoms with Crippen LogP contribution in [0, 0.1) is 11.6 Å². The molecule has 5 nitrogen and oxygen atoms in total. The molecule has 3 aromatic rings. The molecule has 0 radical (unpaired) electrons. The molecule has 134 valence electrons. The van der Waals surface area contributed by atoms with Gasteiger partial charge < -0.3 is 10.2 Å². The predicted octanol–water partition coefficient (Wildman–Crippen LogP) is 4.12. The molecule has 0 atom stereocenters. The molecule has 1 aromatic heterocycles. The maximum Gasteiger partial charge on any atom is 0.258 e. The molecule has 26 heavy (non-hydrogen) atoms. The summed E-state index contributed by atoms with van der Waals surface area (Å²) in [5.74, 6) is -2.08. The summed E-state index contributed by atoms with van der Waals surface area (Å²) in [5, 5.41) is 7.04. The summed E-state index contributed by atoms with van der Waals surface area (Å²) in [6.07, 6.45) is 2.83. The largest absolute Gasteiger partial charge is 0.373 e. The van der Waals surface area contributed by atoms with Crippen molar-refractivity contribution >= 4 is 28.9 Å². The van der Waals surface area contributed by atoms with Gasteiger partial charge in [-0.3, -0.25) is 4.79 Å². The van der Waals surface area contributed by atoms with Gasteiger partial charge in [-0.2, -0.15) is 5.10 Å². The molecule has 0 aliphatic rings. The summed E-state index contributed by atoms with van der Waals surface area (Å²) in [6, 6.07) is 9.16. The third-order valence-corrected chi connectivity index (χ3v) is 3.99. The fourth-order valence-corrected chi connectivity index (χ4v) is 2.70. The Kier molecular flexibility index (Phi) is 4.90. The van der Waals surface area contributed by atoms with Gasteiger partial charge in [0, 0.05) is 26.0 Å². The molecule has 1 N–H and O–H groups in total. The number of hydrogen-bond donors (Lipinski definition) is 1. The van der Waals surface area contributed by atoms with Gasteiger partial charge >= 0.3 is 0 Å². The highest BCUT2D eigenvalue weighted by Gasteiger charge is 2.16. The van der Waals surface area contributed by atoms with E-state index in [0.29, 0.717) is 10.7 Å². The zero-order chi connectivity index (χ0) is 18.8. The van der Waals surface area contributed by atoms with E-state index < -0.39 is 17.5 Å². The van der Waals surface area contributed by atoms with E-state index in [1.165, 1.54) is 36.1 Å². The number of halogens is 3. The second kappa shape index (κ2) is 7.13. The maximum absolute atomic E-state index is 14.0. The van der Waals surface area contributed by atoms with E-state index in [2.05, 4.69) is 10.4 Å². The minimum absolute atomic E-state index is 0.0149. The minimum Gasteiger partial charge on any atom is -0.373 e. The fourth-order valence-electron chi connectivity index (χ4n) is 2.48. The quantitative estimate of drug-likeness (QED) is 0.745. The van der Waals surface area contributed by atoms with Crippen LogP contribution in [0.2, 0.25) is 5.02 Å². The van der Waals surface area contributed by atoms with Gasteiger partial charge in [0.25, 0.3) is 5.91 Å². The molecule has 0 fully saturated rings. The van der Waals surface area contributed by atoms with Crippen molar-refractivity contribution in [2.75, 3.05) is 24.3 Å². The Morgan fingerprint density at radius 3 is 2.46 bits per heavy atom. The number of carbonyl (C=O) groups is 1. The van der Waals surface area contributed by atoms with Crippen LogP contribution in [-0.2, 0) is 0 Å². The lowest BCUT2D eigenvalue weighted by molar-refractivity contribution is 0.102. The number of aromatic nitrogens is 2. The van der Waals surface area contributed by atoms with Crippen LogP contribution >= 0.6 is 11.6 Å². The van der Waals surface area contributed by atoms with Gasteiger partial charge in [0.05, 0.1) is 22.5 Å². The minimum atomic E-state index is -0.767. The summed E-state index contributed by atoms with van der Waals surface area (Å²) in [6.45, 7) is 0. The second-order valence-electron chi connectivity index (χ2n) is 5.76. The first-order valence-corrected chi connectivity index (χ1v) is 8.02. The zero-order valence-electron chi connectivity index (χ0n) is 14.0. The third-order valence-electron chi connectivity index (χ3n) is 3.67. The van der Waals surface area contributed by atoms with Gasteiger partial charge in [-0.25, -0.2) is 13.5 Å². The highest BCUT2D eigenvalue weighted by atomic mass is 35.5. The van der Waals surface area contributed by atoms with Gasteiger partial charge in [0.15, 0.2) is 11.6 Å². The van der Waals surface area contributed by atoms with Gasteiger partial charge in [-0.1, -0.05) is 23.7 Å². The zero-order valence-corrected chi connectivity index (χ0v) is 14.8. The van der Waals surface area contributed by atoms with Crippen LogP contribution < -0.4 is 10.2 Å². The molecule has 1 heterocycles. The van der Waals surface area contributed by atoms with Crippen molar-refractivity contribution in [1.82, 2.24) is 9.78 Å². The van der Waals surface area contributed by atoms with Crippen LogP contribution in [0.3, 0.4) is 0 Å². The first-order chi connectivity index (χ1) is 12.4. The highest BCUT2D eigenvalue weighted by Crippen LogP contribution is 2.26. The number of hydrogen-bond acceptors (Lipinski definition) is 3. The van der Waals surface area contributed by atoms with Crippen molar-refractivity contribution in [3.8, 4) is 5.69 Å². The molecule has 0 aliphatic carbocycles. The molecular formula is C18H15ClF2N4O. The van der Waals surface area contributed by atoms with E-state index in [4.69, 9.17) is 11.6 Å². The SMILES string of the molecule is CN(C)c1c(F)cc(NC(=O)c2cnn(-c3ccccc3Cl)c2)cc1F. The Morgan fingerprint density at radius 1 is 1.19 bits per heavy atom. The monoisotopic (exact) mass is 376 g/mol. The van der Waals surface area contributed by atoms with Crippen molar-refractivity contribution in [2.45, 2.75) is 0 Å². The summed E-state index contributed by atoms with van der Waals surface area (Å²) in [4.78, 5) is 13.7. The number of rotatable bonds is 4. The molecule has 3 rings (SSSR count). The molecule has 0 unspecified atom stereocenters. The Hall–Kier alpha value is -2.93. The lowest BCUT2D eigenvalue weighted by Crippen LogP contribution is -2.15. The van der Waals surface area contributed by atoms with E-state index in [1.807, 2.05) is 0 Å². The number of para-hydroxylation sites is 1. The smallest absolute Gasteiger partial charge is 0.258 e. The molecule has 0 spiro atoms. The molecule has 1 amide bonds. The average molecular weight is 377 g/mol. The molecule has 8 heteroatoms. The van der Waals surface area contributed by atoms with Gasteiger partial charge in [-0.15, -0.1) is 0 Å². The van der Waals surface area contributed by atoms with Gasteiger partial charge in [0.2, 0.25) is 0 Å². The van der Waals surface area contributed by atoms with Crippen LogP contribution in [0.1, 0.15) is 10.4 Å². The summed E-state index contributed by atoms with van der Waals surface area (Å²) < 4.78 is 29.5. The molecular weight excluding hydrogens is 362 g/mol. The van der Waals surface area contributed by atoms with Crippen LogP contribution in [0.5, 0.6) is 0 Å². The highest BCUT2D eigenvalue weighted by molar-refractivity contribution is 6.32. The van der Waals surface area contributed by atoms with Gasteiger partial charge in [-0.05, 0) is 24.3 Å². The van der Waals surface area contributed by atoms with Crippen LogP contribution in [0.4, 0.5) is 20.2 Å². The Labute approximate surface area is 153 Å². The van der Waals surface area contributed by atoms with Crippen molar-refractivity contribution in [2.24, 2.45) is 0 Å². The number of amides is 1. The number of nitrogens with zero attached hydrogens (tertiary/aromatic N) is 3. The second-order valence-corrected chi connectivity index (χ2v) is 6.17. The van der Waals surface area contributed by atoms with Crippen molar-refractivity contribution in [1.29, 1.82) is 0 Å². The summed E-state index contributed by atoms with van der Waals surface area (Å²) >= 11 is 6.10. The molecule has 0 aliphatic heterocycles. The standard InChI is InChI=1S/C18H15ClF2N4O/c1-24(2)17-14(20)7-12(8-15(17)21)23-18(26)11-9-22-25(10-11)16-6-4-3-5-13(16)19/h3-10H,1-2H3,(H,23,26). The van der Waals surface area contributed by atoms with Gasteiger partial charge in [0.1, 0.15) is 5.69 Å². The summed E-state index contributed by atoms with van der Waals surface area (Å²) in [7, 11) is 3.06. The van der Waals surface area contributed by atoms with E-state index in [1.54, 1.807) is 24.3 Å². The first-order valence-electron chi connectivity index (χ1n) is 7.64. The lowest BCUT2D eigenvalue weighted by Gasteiger charge is -2.15. The fraction of sp³-hybridized carbons (Fsp3) is 0.111. The van der Waals surface area contributed by atoms with E-state index in [9.17, 15) is 13.6 Å². The molecule has 0 saturated carbocycles. The van der Waals surface area contributed by atoms with Crippen LogP contribution in [0.15, 0.2) is 48.8 Å². The van der Waals surface area contributed by atoms with Crippen LogP contribution in [0.25, 0.3) is 5.69 Å². The van der Waals surface area contributed by atoms with E-state index in [0.717, 1.165) is 12.1 Å². The van der Waals surface area contributed by atoms with E-state index in [-0.39, 0.29) is 16.9 Å². The maximum atomic E-state index is 14.0. The Bertz CT molecular complexity index is 948. The normalized spacial score (nSPS) is 10.7. The number of nitrogens with one attached hydrogen (secondary N) is 1. The number of carbonyl (C=O) groups excluding carboxylic acids is 1. The van der Waals surface area contributed by atoms with Crippen molar-refractivity contribution in [3.05, 3.63) is 71.0 Å². The average Bonchev–Trinajstić information content (AvgIpc) is 3.04. The lowest BCUT2D eigenvalue weighted by atomic mass is 10.2. The number of anilines is 2.